The van der Waals surface area contributed by atoms with Crippen molar-refractivity contribution in [2.75, 3.05) is 5.73 Å². The largest absolute Gasteiger partial charge is 0.470 e. The maximum Gasteiger partial charge on any atom is 0.245 e. The average molecular weight is 326 g/mol. The summed E-state index contributed by atoms with van der Waals surface area (Å²) in [6.45, 7) is 0.431. The van der Waals surface area contributed by atoms with Gasteiger partial charge in [-0.05, 0) is 28.1 Å². The number of halogens is 1. The Balaban J connectivity index is 1.87. The molecule has 0 spiro atoms. The molecule has 0 atom stereocenters. The van der Waals surface area contributed by atoms with Gasteiger partial charge in [-0.2, -0.15) is 9.97 Å². The molecule has 0 radical (unpaired) electrons. The van der Waals surface area contributed by atoms with E-state index in [9.17, 15) is 0 Å². The summed E-state index contributed by atoms with van der Waals surface area (Å²) in [5.74, 6) is 0.566. The molecule has 3 N–H and O–H groups in total. The van der Waals surface area contributed by atoms with Gasteiger partial charge in [0.15, 0.2) is 5.65 Å². The molecule has 18 heavy (non-hydrogen) atoms. The second kappa shape index (κ2) is 4.54. The Bertz CT molecular complexity index is 694. The molecule has 8 heteroatoms. The minimum Gasteiger partial charge on any atom is -0.470 e. The highest BCUT2D eigenvalue weighted by molar-refractivity contribution is 9.11. The van der Waals surface area contributed by atoms with Gasteiger partial charge in [0, 0.05) is 4.88 Å². The number of ether oxygens (including phenoxy) is 1. The third-order valence-electron chi connectivity index (χ3n) is 2.25. The second-order valence-corrected chi connectivity index (χ2v) is 6.03. The lowest BCUT2D eigenvalue weighted by Crippen LogP contribution is -2.01. The number of nitrogens with zero attached hydrogens (tertiary/aromatic N) is 3. The molecule has 3 heterocycles. The first kappa shape index (κ1) is 11.4. The molecule has 0 unspecified atom stereocenters. The summed E-state index contributed by atoms with van der Waals surface area (Å²) in [6, 6.07) is 3.97. The highest BCUT2D eigenvalue weighted by Gasteiger charge is 2.10. The quantitative estimate of drug-likeness (QED) is 0.771. The van der Waals surface area contributed by atoms with Crippen molar-refractivity contribution in [1.29, 1.82) is 0 Å². The summed E-state index contributed by atoms with van der Waals surface area (Å²) >= 11 is 5.01. The first-order valence-corrected chi connectivity index (χ1v) is 6.67. The molecule has 3 aromatic heterocycles. The van der Waals surface area contributed by atoms with Crippen molar-refractivity contribution < 1.29 is 4.74 Å². The number of rotatable bonds is 3. The number of H-pyrrole nitrogens is 1. The van der Waals surface area contributed by atoms with Gasteiger partial charge in [0.05, 0.1) is 10.1 Å². The Morgan fingerprint density at radius 1 is 1.39 bits per heavy atom. The third kappa shape index (κ3) is 2.16. The van der Waals surface area contributed by atoms with Gasteiger partial charge < -0.3 is 15.5 Å². The highest BCUT2D eigenvalue weighted by Crippen LogP contribution is 2.25. The number of anilines is 1. The summed E-state index contributed by atoms with van der Waals surface area (Å²) in [5.41, 5.74) is 6.75. The number of fused-ring (bicyclic) bond motifs is 1. The van der Waals surface area contributed by atoms with Gasteiger partial charge in [-0.25, -0.2) is 4.98 Å². The van der Waals surface area contributed by atoms with Crippen molar-refractivity contribution in [3.05, 3.63) is 27.1 Å². The molecular formula is C10H8BrN5OS. The Hall–Kier alpha value is -1.67. The van der Waals surface area contributed by atoms with Crippen LogP contribution in [0.5, 0.6) is 5.88 Å². The van der Waals surface area contributed by atoms with Crippen LogP contribution in [-0.2, 0) is 6.61 Å². The van der Waals surface area contributed by atoms with Crippen LogP contribution in [0.25, 0.3) is 11.2 Å². The predicted molar refractivity (Wildman–Crippen MR) is 72.4 cm³/mol. The predicted octanol–water partition coefficient (Wildman–Crippen LogP) is 2.34. The maximum absolute atomic E-state index is 5.65. The van der Waals surface area contributed by atoms with E-state index in [4.69, 9.17) is 10.5 Å². The minimum absolute atomic E-state index is 0.150. The van der Waals surface area contributed by atoms with Crippen molar-refractivity contribution in [1.82, 2.24) is 19.9 Å². The fourth-order valence-electron chi connectivity index (χ4n) is 1.50. The van der Waals surface area contributed by atoms with Gasteiger partial charge >= 0.3 is 0 Å². The topological polar surface area (TPSA) is 89.7 Å². The molecule has 0 saturated carbocycles. The molecule has 92 valence electrons. The zero-order chi connectivity index (χ0) is 12.5. The van der Waals surface area contributed by atoms with Crippen LogP contribution in [0.3, 0.4) is 0 Å². The van der Waals surface area contributed by atoms with Gasteiger partial charge in [-0.3, -0.25) is 0 Å². The van der Waals surface area contributed by atoms with Crippen LogP contribution < -0.4 is 10.5 Å². The van der Waals surface area contributed by atoms with Crippen molar-refractivity contribution in [3.8, 4) is 5.88 Å². The fraction of sp³-hybridized carbons (Fsp3) is 0.100. The van der Waals surface area contributed by atoms with E-state index in [1.165, 1.54) is 6.33 Å². The lowest BCUT2D eigenvalue weighted by molar-refractivity contribution is 0.301. The van der Waals surface area contributed by atoms with Crippen LogP contribution in [0.2, 0.25) is 0 Å². The molecule has 3 aromatic rings. The summed E-state index contributed by atoms with van der Waals surface area (Å²) in [5, 5.41) is 0. The molecule has 0 fully saturated rings. The summed E-state index contributed by atoms with van der Waals surface area (Å²) < 4.78 is 6.71. The van der Waals surface area contributed by atoms with Gasteiger partial charge in [-0.15, -0.1) is 11.3 Å². The lowest BCUT2D eigenvalue weighted by atomic mass is 10.5. The number of nitrogens with one attached hydrogen (secondary N) is 1. The van der Waals surface area contributed by atoms with E-state index < -0.39 is 0 Å². The van der Waals surface area contributed by atoms with Gasteiger partial charge in [0.2, 0.25) is 11.8 Å². The first-order valence-electron chi connectivity index (χ1n) is 5.06. The lowest BCUT2D eigenvalue weighted by Gasteiger charge is -2.04. The normalized spacial score (nSPS) is 10.9. The monoisotopic (exact) mass is 325 g/mol. The molecule has 0 amide bonds. The van der Waals surface area contributed by atoms with E-state index in [1.54, 1.807) is 11.3 Å². The number of aromatic nitrogens is 4. The van der Waals surface area contributed by atoms with E-state index in [1.807, 2.05) is 12.1 Å². The molecular weight excluding hydrogens is 318 g/mol. The zero-order valence-electron chi connectivity index (χ0n) is 9.05. The van der Waals surface area contributed by atoms with Crippen LogP contribution in [0, 0.1) is 0 Å². The molecule has 0 aliphatic rings. The van der Waals surface area contributed by atoms with Gasteiger partial charge in [0.25, 0.3) is 0 Å². The third-order valence-corrected chi connectivity index (χ3v) is 3.85. The highest BCUT2D eigenvalue weighted by atomic mass is 79.9. The smallest absolute Gasteiger partial charge is 0.245 e. The molecule has 0 aliphatic heterocycles. The van der Waals surface area contributed by atoms with Crippen molar-refractivity contribution in [2.45, 2.75) is 6.61 Å². The average Bonchev–Trinajstić information content (AvgIpc) is 2.94. The van der Waals surface area contributed by atoms with Gasteiger partial charge in [-0.1, -0.05) is 0 Å². The second-order valence-electron chi connectivity index (χ2n) is 3.48. The van der Waals surface area contributed by atoms with E-state index in [0.717, 1.165) is 8.66 Å². The van der Waals surface area contributed by atoms with Gasteiger partial charge in [0.1, 0.15) is 12.1 Å². The first-order chi connectivity index (χ1) is 8.72. The Morgan fingerprint density at radius 2 is 2.28 bits per heavy atom. The van der Waals surface area contributed by atoms with Crippen molar-refractivity contribution in [3.63, 3.8) is 0 Å². The van der Waals surface area contributed by atoms with Crippen LogP contribution in [-0.4, -0.2) is 19.9 Å². The van der Waals surface area contributed by atoms with E-state index in [-0.39, 0.29) is 5.95 Å². The van der Waals surface area contributed by atoms with E-state index in [2.05, 4.69) is 35.9 Å². The Labute approximate surface area is 114 Å². The number of hydrogen-bond donors (Lipinski definition) is 2. The molecule has 6 nitrogen and oxygen atoms in total. The van der Waals surface area contributed by atoms with E-state index >= 15 is 0 Å². The van der Waals surface area contributed by atoms with E-state index in [0.29, 0.717) is 23.7 Å². The molecule has 0 saturated heterocycles. The number of hydrogen-bond acceptors (Lipinski definition) is 6. The molecule has 0 bridgehead atoms. The van der Waals surface area contributed by atoms with Crippen molar-refractivity contribution in [2.24, 2.45) is 0 Å². The van der Waals surface area contributed by atoms with Crippen LogP contribution in [0.15, 0.2) is 22.2 Å². The Kier molecular flexibility index (Phi) is 2.88. The molecule has 0 aromatic carbocycles. The van der Waals surface area contributed by atoms with Crippen molar-refractivity contribution >= 4 is 44.4 Å². The number of nitrogens with two attached hydrogens (primary N) is 1. The van der Waals surface area contributed by atoms with Crippen LogP contribution >= 0.6 is 27.3 Å². The summed E-state index contributed by atoms with van der Waals surface area (Å²) in [7, 11) is 0. The zero-order valence-corrected chi connectivity index (χ0v) is 11.5. The standard InChI is InChI=1S/C10H8BrN5OS/c11-6-2-1-5(18-6)3-17-9-7-8(14-4-13-7)15-10(12)16-9/h1-2,4H,3H2,(H3,12,13,14,15,16). The minimum atomic E-state index is 0.150. The number of nitrogen functional groups attached to an aromatic ring is 1. The van der Waals surface area contributed by atoms with Crippen LogP contribution in [0.1, 0.15) is 4.88 Å². The van der Waals surface area contributed by atoms with Crippen LogP contribution in [0.4, 0.5) is 5.95 Å². The maximum atomic E-state index is 5.65. The SMILES string of the molecule is Nc1nc(OCc2ccc(Br)s2)c2[nH]cnc2n1. The number of imidazole rings is 1. The summed E-state index contributed by atoms with van der Waals surface area (Å²) in [6.07, 6.45) is 1.54. The fourth-order valence-corrected chi connectivity index (χ4v) is 2.89. The number of aromatic amines is 1. The number of thiophene rings is 1. The molecule has 3 rings (SSSR count). The molecule has 0 aliphatic carbocycles. The Morgan fingerprint density at radius 3 is 3.06 bits per heavy atom. The summed E-state index contributed by atoms with van der Waals surface area (Å²) in [4.78, 5) is 16.1.